The predicted molar refractivity (Wildman–Crippen MR) is 192 cm³/mol. The van der Waals surface area contributed by atoms with E-state index >= 15 is 0 Å². The number of aryl methyl sites for hydroxylation is 4. The van der Waals surface area contributed by atoms with Gasteiger partial charge in [0, 0.05) is 26.4 Å². The molecule has 8 heteroatoms. The van der Waals surface area contributed by atoms with Crippen molar-refractivity contribution >= 4 is 40.2 Å². The molecule has 0 saturated heterocycles. The van der Waals surface area contributed by atoms with Gasteiger partial charge in [0.25, 0.3) is 0 Å². The number of hydrogen-bond donors (Lipinski definition) is 1. The van der Waals surface area contributed by atoms with Crippen LogP contribution in [0.3, 0.4) is 0 Å². The highest BCUT2D eigenvalue weighted by Gasteiger charge is 2.41. The van der Waals surface area contributed by atoms with E-state index in [1.165, 1.54) is 37.9 Å². The number of esters is 1. The number of hydrogen-bond acceptors (Lipinski definition) is 6. The van der Waals surface area contributed by atoms with Crippen LogP contribution in [-0.2, 0) is 41.6 Å². The zero-order valence-electron chi connectivity index (χ0n) is 30.1. The first-order valence-corrected chi connectivity index (χ1v) is 17.5. The summed E-state index contributed by atoms with van der Waals surface area (Å²) >= 11 is 0. The van der Waals surface area contributed by atoms with E-state index in [4.69, 9.17) is 4.74 Å². The Morgan fingerprint density at radius 3 is 1.98 bits per heavy atom. The lowest BCUT2D eigenvalue weighted by atomic mass is 9.88. The molecule has 3 aromatic carbocycles. The Labute approximate surface area is 291 Å². The first-order chi connectivity index (χ1) is 23.2. The maximum atomic E-state index is 13.6. The average molecular weight is 672 g/mol. The fourth-order valence-electron chi connectivity index (χ4n) is 5.95. The van der Waals surface area contributed by atoms with Gasteiger partial charge in [0.1, 0.15) is 17.3 Å². The number of carbonyl (C=O) groups is 5. The Bertz CT molecular complexity index is 1620. The van der Waals surface area contributed by atoms with Crippen molar-refractivity contribution in [1.29, 1.82) is 0 Å². The van der Waals surface area contributed by atoms with Crippen molar-refractivity contribution in [3.05, 3.63) is 82.9 Å². The second-order valence-corrected chi connectivity index (χ2v) is 14.2. The number of benzene rings is 3. The van der Waals surface area contributed by atoms with Gasteiger partial charge in [-0.15, -0.1) is 0 Å². The number of unbranched alkanes of at least 4 members (excludes halogenated alkanes) is 4. The summed E-state index contributed by atoms with van der Waals surface area (Å²) in [5.41, 5.74) is 3.94. The summed E-state index contributed by atoms with van der Waals surface area (Å²) in [5, 5.41) is 12.1. The molecule has 0 saturated carbocycles. The monoisotopic (exact) mass is 671 g/mol. The minimum Gasteiger partial charge on any atom is -0.480 e. The average Bonchev–Trinajstić information content (AvgIpc) is 3.03. The molecule has 264 valence electrons. The zero-order valence-corrected chi connectivity index (χ0v) is 30.1. The zero-order chi connectivity index (χ0) is 36.1. The van der Waals surface area contributed by atoms with Crippen molar-refractivity contribution in [3.8, 4) is 0 Å². The van der Waals surface area contributed by atoms with E-state index in [0.29, 0.717) is 19.4 Å². The maximum absolute atomic E-state index is 13.6. The van der Waals surface area contributed by atoms with Crippen LogP contribution in [0.4, 0.5) is 0 Å². The van der Waals surface area contributed by atoms with Crippen LogP contribution in [0, 0.1) is 25.7 Å². The SMILES string of the molecule is Cc1ccc(CCCCCC(=O)[C@@H](CC(=O)C(C(=O)O)C(=O)OC(C)(C)C)C(=O)N(C)CCCCCc2ccc3ccccc3c2)cc1C. The number of carbonyl (C=O) groups excluding carboxylic acids is 4. The fourth-order valence-corrected chi connectivity index (χ4v) is 5.95. The lowest BCUT2D eigenvalue weighted by Crippen LogP contribution is -2.42. The van der Waals surface area contributed by atoms with Crippen LogP contribution in [0.1, 0.15) is 94.4 Å². The van der Waals surface area contributed by atoms with Crippen LogP contribution in [0.15, 0.2) is 60.7 Å². The van der Waals surface area contributed by atoms with Crippen molar-refractivity contribution in [2.24, 2.45) is 11.8 Å². The standard InChI is InChI=1S/C41H53NO7/c1-28-20-21-30(25-29(28)2)15-9-7-11-19-35(43)34(27-36(44)37(39(46)47)40(48)49-41(3,4)5)38(45)42(6)24-14-8-10-16-31-22-23-32-17-12-13-18-33(32)26-31/h12-13,17-18,20-23,25-26,34,37H,7-11,14-16,19,24,27H2,1-6H3,(H,46,47)/t34-,37?/m1/s1. The van der Waals surface area contributed by atoms with Gasteiger partial charge >= 0.3 is 11.9 Å². The van der Waals surface area contributed by atoms with Gasteiger partial charge in [-0.1, -0.05) is 73.5 Å². The third-order valence-corrected chi connectivity index (χ3v) is 8.91. The van der Waals surface area contributed by atoms with Crippen molar-refractivity contribution in [2.45, 2.75) is 104 Å². The number of aliphatic carboxylic acids is 1. The van der Waals surface area contributed by atoms with Gasteiger partial charge in [-0.25, -0.2) is 0 Å². The van der Waals surface area contributed by atoms with Crippen molar-refractivity contribution in [1.82, 2.24) is 4.90 Å². The molecule has 1 N–H and O–H groups in total. The molecule has 0 spiro atoms. The minimum absolute atomic E-state index is 0.0837. The molecule has 2 atom stereocenters. The summed E-state index contributed by atoms with van der Waals surface area (Å²) in [5.74, 6) is -8.29. The normalized spacial score (nSPS) is 12.7. The summed E-state index contributed by atoms with van der Waals surface area (Å²) in [4.78, 5) is 66.5. The molecule has 1 amide bonds. The van der Waals surface area contributed by atoms with E-state index in [0.717, 1.165) is 38.5 Å². The number of carboxylic acid groups (broad SMARTS) is 1. The first kappa shape index (κ1) is 39.1. The number of ketones is 2. The van der Waals surface area contributed by atoms with Gasteiger partial charge < -0.3 is 14.7 Å². The van der Waals surface area contributed by atoms with Gasteiger partial charge in [-0.05, 0) is 106 Å². The lowest BCUT2D eigenvalue weighted by Gasteiger charge is -2.25. The Balaban J connectivity index is 1.60. The number of rotatable bonds is 19. The molecule has 0 bridgehead atoms. The van der Waals surface area contributed by atoms with E-state index in [9.17, 15) is 29.1 Å². The highest BCUT2D eigenvalue weighted by atomic mass is 16.6. The second-order valence-electron chi connectivity index (χ2n) is 14.2. The third-order valence-electron chi connectivity index (χ3n) is 8.91. The van der Waals surface area contributed by atoms with Crippen LogP contribution in [0.5, 0.6) is 0 Å². The third kappa shape index (κ3) is 12.6. The summed E-state index contributed by atoms with van der Waals surface area (Å²) in [7, 11) is 1.60. The fraction of sp³-hybridized carbons (Fsp3) is 0.488. The summed E-state index contributed by atoms with van der Waals surface area (Å²) < 4.78 is 5.18. The summed E-state index contributed by atoms with van der Waals surface area (Å²) in [6, 6.07) is 21.1. The molecular weight excluding hydrogens is 618 g/mol. The quantitative estimate of drug-likeness (QED) is 0.0792. The van der Waals surface area contributed by atoms with Gasteiger partial charge in [0.05, 0.1) is 0 Å². The smallest absolute Gasteiger partial charge is 0.328 e. The van der Waals surface area contributed by atoms with E-state index in [-0.39, 0.29) is 6.42 Å². The molecule has 3 aromatic rings. The molecule has 8 nitrogen and oxygen atoms in total. The van der Waals surface area contributed by atoms with Crippen LogP contribution < -0.4 is 0 Å². The van der Waals surface area contributed by atoms with Gasteiger partial charge in [0.2, 0.25) is 11.8 Å². The lowest BCUT2D eigenvalue weighted by molar-refractivity contribution is -0.169. The predicted octanol–water partition coefficient (Wildman–Crippen LogP) is 7.62. The summed E-state index contributed by atoms with van der Waals surface area (Å²) in [6.07, 6.45) is 5.86. The molecular formula is C41H53NO7. The molecule has 0 aliphatic carbocycles. The Kier molecular flexibility index (Phi) is 14.7. The summed E-state index contributed by atoms with van der Waals surface area (Å²) in [6.45, 7) is 9.25. The van der Waals surface area contributed by atoms with E-state index in [2.05, 4.69) is 62.4 Å². The second kappa shape index (κ2) is 18.4. The molecule has 0 aromatic heterocycles. The van der Waals surface area contributed by atoms with Crippen molar-refractivity contribution in [2.75, 3.05) is 13.6 Å². The van der Waals surface area contributed by atoms with E-state index < -0.39 is 53.3 Å². The van der Waals surface area contributed by atoms with E-state index in [1.54, 1.807) is 27.8 Å². The molecule has 0 aliphatic rings. The Morgan fingerprint density at radius 1 is 0.735 bits per heavy atom. The molecule has 1 unspecified atom stereocenters. The number of amides is 1. The highest BCUT2D eigenvalue weighted by Crippen LogP contribution is 2.22. The Hall–Kier alpha value is -4.33. The van der Waals surface area contributed by atoms with Gasteiger partial charge in [-0.2, -0.15) is 0 Å². The van der Waals surface area contributed by atoms with Gasteiger partial charge in [0.15, 0.2) is 5.78 Å². The van der Waals surface area contributed by atoms with Crippen molar-refractivity contribution in [3.63, 3.8) is 0 Å². The van der Waals surface area contributed by atoms with Crippen LogP contribution >= 0.6 is 0 Å². The Morgan fingerprint density at radius 2 is 1.35 bits per heavy atom. The molecule has 0 fully saturated rings. The number of carboxylic acids is 1. The van der Waals surface area contributed by atoms with E-state index in [1.807, 2.05) is 12.1 Å². The topological polar surface area (TPSA) is 118 Å². The maximum Gasteiger partial charge on any atom is 0.328 e. The largest absolute Gasteiger partial charge is 0.480 e. The van der Waals surface area contributed by atoms with Crippen LogP contribution in [0.25, 0.3) is 10.8 Å². The first-order valence-electron chi connectivity index (χ1n) is 17.5. The van der Waals surface area contributed by atoms with Crippen LogP contribution in [-0.4, -0.2) is 58.6 Å². The van der Waals surface area contributed by atoms with Crippen molar-refractivity contribution < 1.29 is 33.8 Å². The molecule has 3 rings (SSSR count). The molecule has 49 heavy (non-hydrogen) atoms. The number of nitrogens with zero attached hydrogens (tertiary/aromatic N) is 1. The van der Waals surface area contributed by atoms with Crippen LogP contribution in [0.2, 0.25) is 0 Å². The molecule has 0 radical (unpaired) electrons. The number of Topliss-reactive ketones (excluding diaryl/α,β-unsaturated/α-hetero) is 2. The minimum atomic E-state index is -2.11. The number of ether oxygens (including phenoxy) is 1. The molecule has 0 heterocycles. The van der Waals surface area contributed by atoms with Gasteiger partial charge in [-0.3, -0.25) is 24.0 Å². The highest BCUT2D eigenvalue weighted by molar-refractivity contribution is 6.16. The number of fused-ring (bicyclic) bond motifs is 1. The molecule has 0 aliphatic heterocycles.